The highest BCUT2D eigenvalue weighted by Crippen LogP contribution is 2.22. The quantitative estimate of drug-likeness (QED) is 0.386. The van der Waals surface area contributed by atoms with Crippen molar-refractivity contribution >= 4 is 29.9 Å². The van der Waals surface area contributed by atoms with Gasteiger partial charge in [-0.25, -0.2) is 4.39 Å². The molecule has 0 spiro atoms. The number of rotatable bonds is 6. The first-order valence-electron chi connectivity index (χ1n) is 8.68. The number of nitrogens with one attached hydrogen (secondary N) is 2. The lowest BCUT2D eigenvalue weighted by Gasteiger charge is -2.35. The molecule has 1 aromatic rings. The van der Waals surface area contributed by atoms with E-state index in [1.165, 1.54) is 6.07 Å². The van der Waals surface area contributed by atoms with E-state index in [4.69, 9.17) is 4.74 Å². The molecular weight excluding hydrogens is 434 g/mol. The molecule has 2 unspecified atom stereocenters. The van der Waals surface area contributed by atoms with E-state index in [0.29, 0.717) is 25.8 Å². The van der Waals surface area contributed by atoms with Gasteiger partial charge < -0.3 is 15.4 Å². The zero-order chi connectivity index (χ0) is 17.4. The van der Waals surface area contributed by atoms with Crippen molar-refractivity contribution in [3.8, 4) is 0 Å². The maximum atomic E-state index is 13.7. The molecule has 1 aliphatic heterocycles. The minimum absolute atomic E-state index is 0. The summed E-state index contributed by atoms with van der Waals surface area (Å²) in [4.78, 5) is 6.62. The predicted octanol–water partition coefficient (Wildman–Crippen LogP) is 2.78. The highest BCUT2D eigenvalue weighted by Gasteiger charge is 2.23. The zero-order valence-electron chi connectivity index (χ0n) is 15.3. The number of aliphatic imine (C=N–C) groups is 1. The Bertz CT molecular complexity index is 538. The number of hydrogen-bond acceptors (Lipinski definition) is 3. The Labute approximate surface area is 167 Å². The maximum Gasteiger partial charge on any atom is 0.191 e. The van der Waals surface area contributed by atoms with Crippen LogP contribution in [0.2, 0.25) is 0 Å². The van der Waals surface area contributed by atoms with E-state index in [0.717, 1.165) is 31.0 Å². The molecule has 1 fully saturated rings. The van der Waals surface area contributed by atoms with E-state index in [1.54, 1.807) is 19.2 Å². The molecular formula is C18H30FIN4O. The van der Waals surface area contributed by atoms with Crippen LogP contribution < -0.4 is 10.6 Å². The van der Waals surface area contributed by atoms with E-state index < -0.39 is 0 Å². The summed E-state index contributed by atoms with van der Waals surface area (Å²) in [6.07, 6.45) is 1.03. The molecule has 0 bridgehead atoms. The zero-order valence-corrected chi connectivity index (χ0v) is 17.6. The second kappa shape index (κ2) is 11.6. The van der Waals surface area contributed by atoms with Crippen LogP contribution in [0, 0.1) is 5.82 Å². The van der Waals surface area contributed by atoms with Crippen LogP contribution >= 0.6 is 24.0 Å². The molecule has 25 heavy (non-hydrogen) atoms. The van der Waals surface area contributed by atoms with Crippen LogP contribution in [0.15, 0.2) is 29.3 Å². The van der Waals surface area contributed by atoms with Crippen molar-refractivity contribution in [3.63, 3.8) is 0 Å². The standard InChI is InChI=1S/C18H29FN4O.HI/c1-4-14(2)22-18(20-3)21-13-17(23-8-10-24-11-9-23)15-6-5-7-16(19)12-15;/h5-7,12,14,17H,4,8-11,13H2,1-3H3,(H2,20,21,22);1H. The van der Waals surface area contributed by atoms with Crippen molar-refractivity contribution in [2.75, 3.05) is 39.9 Å². The van der Waals surface area contributed by atoms with Crippen molar-refractivity contribution in [1.29, 1.82) is 0 Å². The molecule has 7 heteroatoms. The number of hydrogen-bond donors (Lipinski definition) is 2. The predicted molar refractivity (Wildman–Crippen MR) is 111 cm³/mol. The number of nitrogens with zero attached hydrogens (tertiary/aromatic N) is 2. The lowest BCUT2D eigenvalue weighted by molar-refractivity contribution is 0.0169. The van der Waals surface area contributed by atoms with E-state index >= 15 is 0 Å². The Morgan fingerprint density at radius 2 is 2.08 bits per heavy atom. The van der Waals surface area contributed by atoms with E-state index in [9.17, 15) is 4.39 Å². The summed E-state index contributed by atoms with van der Waals surface area (Å²) in [5.74, 6) is 0.576. The fraction of sp³-hybridized carbons (Fsp3) is 0.611. The van der Waals surface area contributed by atoms with Gasteiger partial charge >= 0.3 is 0 Å². The van der Waals surface area contributed by atoms with Gasteiger partial charge in [0, 0.05) is 32.7 Å². The monoisotopic (exact) mass is 464 g/mol. The number of guanidine groups is 1. The highest BCUT2D eigenvalue weighted by molar-refractivity contribution is 14.0. The van der Waals surface area contributed by atoms with Gasteiger partial charge in [0.15, 0.2) is 5.96 Å². The van der Waals surface area contributed by atoms with Gasteiger partial charge in [-0.2, -0.15) is 0 Å². The Kier molecular flexibility index (Phi) is 10.3. The average Bonchev–Trinajstić information content (AvgIpc) is 2.61. The molecule has 0 aromatic heterocycles. The maximum absolute atomic E-state index is 13.7. The third-order valence-corrected chi connectivity index (χ3v) is 4.40. The molecule has 1 aromatic carbocycles. The smallest absolute Gasteiger partial charge is 0.191 e. The minimum Gasteiger partial charge on any atom is -0.379 e. The Hall–Kier alpha value is -0.930. The Morgan fingerprint density at radius 1 is 1.36 bits per heavy atom. The van der Waals surface area contributed by atoms with Gasteiger partial charge in [0.1, 0.15) is 5.82 Å². The Morgan fingerprint density at radius 3 is 2.68 bits per heavy atom. The third kappa shape index (κ3) is 7.07. The topological polar surface area (TPSA) is 48.9 Å². The number of ether oxygens (including phenoxy) is 1. The van der Waals surface area contributed by atoms with Gasteiger partial charge in [-0.1, -0.05) is 19.1 Å². The number of morpholine rings is 1. The fourth-order valence-corrected chi connectivity index (χ4v) is 2.78. The van der Waals surface area contributed by atoms with Crippen molar-refractivity contribution in [1.82, 2.24) is 15.5 Å². The molecule has 1 heterocycles. The molecule has 1 saturated heterocycles. The van der Waals surface area contributed by atoms with Crippen LogP contribution in [0.4, 0.5) is 4.39 Å². The molecule has 5 nitrogen and oxygen atoms in total. The van der Waals surface area contributed by atoms with Gasteiger partial charge in [-0.05, 0) is 31.0 Å². The van der Waals surface area contributed by atoms with E-state index in [-0.39, 0.29) is 35.8 Å². The molecule has 1 aliphatic rings. The van der Waals surface area contributed by atoms with Crippen molar-refractivity contribution in [2.45, 2.75) is 32.4 Å². The van der Waals surface area contributed by atoms with Crippen LogP contribution in [0.25, 0.3) is 0 Å². The molecule has 0 amide bonds. The molecule has 2 atom stereocenters. The van der Waals surface area contributed by atoms with Crippen LogP contribution in [0.1, 0.15) is 31.9 Å². The molecule has 142 valence electrons. The largest absolute Gasteiger partial charge is 0.379 e. The molecule has 0 radical (unpaired) electrons. The normalized spacial score (nSPS) is 18.2. The molecule has 2 N–H and O–H groups in total. The van der Waals surface area contributed by atoms with Crippen LogP contribution in [-0.4, -0.2) is 56.8 Å². The van der Waals surface area contributed by atoms with Gasteiger partial charge in [0.05, 0.1) is 19.3 Å². The second-order valence-electron chi connectivity index (χ2n) is 6.13. The fourth-order valence-electron chi connectivity index (χ4n) is 2.78. The summed E-state index contributed by atoms with van der Waals surface area (Å²) in [6.45, 7) is 8.05. The van der Waals surface area contributed by atoms with Gasteiger partial charge in [0.25, 0.3) is 0 Å². The summed E-state index contributed by atoms with van der Waals surface area (Å²) < 4.78 is 19.1. The van der Waals surface area contributed by atoms with Crippen molar-refractivity contribution < 1.29 is 9.13 Å². The van der Waals surface area contributed by atoms with Gasteiger partial charge in [-0.3, -0.25) is 9.89 Å². The number of halogens is 2. The van der Waals surface area contributed by atoms with Gasteiger partial charge in [0.2, 0.25) is 0 Å². The van der Waals surface area contributed by atoms with Crippen molar-refractivity contribution in [2.24, 2.45) is 4.99 Å². The minimum atomic E-state index is -0.201. The summed E-state index contributed by atoms with van der Waals surface area (Å²) in [7, 11) is 1.77. The molecule has 0 saturated carbocycles. The number of benzene rings is 1. The summed E-state index contributed by atoms with van der Waals surface area (Å²) in [6, 6.07) is 7.29. The molecule has 2 rings (SSSR count). The second-order valence-corrected chi connectivity index (χ2v) is 6.13. The van der Waals surface area contributed by atoms with E-state index in [2.05, 4.69) is 34.4 Å². The van der Waals surface area contributed by atoms with Crippen LogP contribution in [-0.2, 0) is 4.74 Å². The SMILES string of the molecule is CCC(C)NC(=NC)NCC(c1cccc(F)c1)N1CCOCC1.I. The average molecular weight is 464 g/mol. The van der Waals surface area contributed by atoms with Crippen LogP contribution in [0.5, 0.6) is 0 Å². The highest BCUT2D eigenvalue weighted by atomic mass is 127. The first-order chi connectivity index (χ1) is 11.6. The summed E-state index contributed by atoms with van der Waals surface area (Å²) in [5, 5.41) is 6.74. The molecule has 0 aliphatic carbocycles. The summed E-state index contributed by atoms with van der Waals surface area (Å²) >= 11 is 0. The Balaban J connectivity index is 0.00000312. The van der Waals surface area contributed by atoms with Crippen molar-refractivity contribution in [3.05, 3.63) is 35.6 Å². The lowest BCUT2D eigenvalue weighted by atomic mass is 10.0. The first kappa shape index (κ1) is 22.1. The van der Waals surface area contributed by atoms with Crippen LogP contribution in [0.3, 0.4) is 0 Å². The van der Waals surface area contributed by atoms with Gasteiger partial charge in [-0.15, -0.1) is 24.0 Å². The third-order valence-electron chi connectivity index (χ3n) is 4.40. The van der Waals surface area contributed by atoms with E-state index in [1.807, 2.05) is 6.07 Å². The first-order valence-corrected chi connectivity index (χ1v) is 8.68. The lowest BCUT2D eigenvalue weighted by Crippen LogP contribution is -2.47. The summed E-state index contributed by atoms with van der Waals surface area (Å²) in [5.41, 5.74) is 0.975.